The number of nitrogens with zero attached hydrogens (tertiary/aromatic N) is 3. The first kappa shape index (κ1) is 21.2. The number of hydrogen-bond donors (Lipinski definition) is 1. The maximum Gasteiger partial charge on any atom is 0.276 e. The maximum atomic E-state index is 13.4. The van der Waals surface area contributed by atoms with E-state index in [1.165, 1.54) is 6.26 Å². The SMILES string of the molecule is Cc1ccccc1CCN(C(=O)c1csnn1)C(C(=O)NC1CCCC1)c1ccco1. The zero-order valence-electron chi connectivity index (χ0n) is 17.5. The molecule has 1 N–H and O–H groups in total. The normalized spacial score (nSPS) is 15.0. The summed E-state index contributed by atoms with van der Waals surface area (Å²) < 4.78 is 9.45. The van der Waals surface area contributed by atoms with Crippen LogP contribution in [0, 0.1) is 6.92 Å². The van der Waals surface area contributed by atoms with Crippen LogP contribution in [0.2, 0.25) is 0 Å². The quantitative estimate of drug-likeness (QED) is 0.576. The van der Waals surface area contributed by atoms with Crippen LogP contribution in [0.4, 0.5) is 0 Å². The number of carbonyl (C=O) groups is 2. The number of benzene rings is 1. The summed E-state index contributed by atoms with van der Waals surface area (Å²) in [6.45, 7) is 2.40. The van der Waals surface area contributed by atoms with E-state index in [1.54, 1.807) is 22.4 Å². The van der Waals surface area contributed by atoms with Crippen LogP contribution in [0.25, 0.3) is 0 Å². The van der Waals surface area contributed by atoms with Gasteiger partial charge in [0.25, 0.3) is 11.8 Å². The van der Waals surface area contributed by atoms with Gasteiger partial charge in [-0.15, -0.1) is 5.10 Å². The first-order valence-corrected chi connectivity index (χ1v) is 11.4. The predicted molar refractivity (Wildman–Crippen MR) is 118 cm³/mol. The minimum Gasteiger partial charge on any atom is -0.467 e. The standard InChI is InChI=1S/C23H26N4O3S/c1-16-7-2-3-8-17(16)12-13-27(23(29)19-15-31-26-25-19)21(20-11-6-14-30-20)22(28)24-18-9-4-5-10-18/h2-3,6-8,11,14-15,18,21H,4-5,9-10,12-13H2,1H3,(H,24,28). The molecule has 31 heavy (non-hydrogen) atoms. The van der Waals surface area contributed by atoms with E-state index < -0.39 is 6.04 Å². The van der Waals surface area contributed by atoms with Crippen molar-refractivity contribution in [2.75, 3.05) is 6.54 Å². The van der Waals surface area contributed by atoms with Crippen LogP contribution in [-0.2, 0) is 11.2 Å². The lowest BCUT2D eigenvalue weighted by Crippen LogP contribution is -2.46. The molecule has 0 saturated heterocycles. The monoisotopic (exact) mass is 438 g/mol. The van der Waals surface area contributed by atoms with Gasteiger partial charge < -0.3 is 14.6 Å². The molecule has 1 unspecified atom stereocenters. The Bertz CT molecular complexity index is 998. The molecule has 162 valence electrons. The number of aryl methyl sites for hydroxylation is 1. The van der Waals surface area contributed by atoms with E-state index in [1.807, 2.05) is 31.2 Å². The van der Waals surface area contributed by atoms with Crippen LogP contribution in [-0.4, -0.2) is 38.9 Å². The van der Waals surface area contributed by atoms with Crippen molar-refractivity contribution in [3.8, 4) is 0 Å². The highest BCUT2D eigenvalue weighted by Gasteiger charge is 2.36. The van der Waals surface area contributed by atoms with Gasteiger partial charge in [-0.25, -0.2) is 0 Å². The topological polar surface area (TPSA) is 88.3 Å². The molecule has 1 aliphatic rings. The molecule has 2 aromatic heterocycles. The molecule has 1 fully saturated rings. The Labute approximate surface area is 185 Å². The number of carbonyl (C=O) groups excluding carboxylic acids is 2. The van der Waals surface area contributed by atoms with Crippen molar-refractivity contribution >= 4 is 23.3 Å². The second-order valence-corrected chi connectivity index (χ2v) is 8.48. The molecule has 1 aromatic carbocycles. The van der Waals surface area contributed by atoms with E-state index in [0.717, 1.165) is 48.3 Å². The average Bonchev–Trinajstić information content (AvgIpc) is 3.55. The number of hydrogen-bond acceptors (Lipinski definition) is 6. The van der Waals surface area contributed by atoms with Gasteiger partial charge in [0.05, 0.1) is 6.26 Å². The summed E-state index contributed by atoms with van der Waals surface area (Å²) in [5, 5.41) is 8.69. The zero-order chi connectivity index (χ0) is 21.6. The number of furan rings is 1. The smallest absolute Gasteiger partial charge is 0.276 e. The second kappa shape index (κ2) is 9.87. The second-order valence-electron chi connectivity index (χ2n) is 7.87. The van der Waals surface area contributed by atoms with Gasteiger partial charge in [-0.2, -0.15) is 0 Å². The van der Waals surface area contributed by atoms with E-state index in [9.17, 15) is 9.59 Å². The van der Waals surface area contributed by atoms with Crippen molar-refractivity contribution in [3.05, 3.63) is 70.6 Å². The van der Waals surface area contributed by atoms with E-state index in [2.05, 4.69) is 14.9 Å². The van der Waals surface area contributed by atoms with Crippen molar-refractivity contribution in [2.45, 2.75) is 51.1 Å². The van der Waals surface area contributed by atoms with Gasteiger partial charge in [0.1, 0.15) is 5.76 Å². The fourth-order valence-corrected chi connectivity index (χ4v) is 4.54. The number of aromatic nitrogens is 2. The molecule has 0 spiro atoms. The fourth-order valence-electron chi connectivity index (χ4n) is 4.11. The number of rotatable bonds is 8. The molecule has 8 heteroatoms. The lowest BCUT2D eigenvalue weighted by Gasteiger charge is -2.30. The molecular weight excluding hydrogens is 412 g/mol. The third-order valence-corrected chi connectivity index (χ3v) is 6.30. The first-order valence-electron chi connectivity index (χ1n) is 10.6. The molecule has 2 amide bonds. The molecular formula is C23H26N4O3S. The van der Waals surface area contributed by atoms with Gasteiger partial charge in [-0.3, -0.25) is 9.59 Å². The van der Waals surface area contributed by atoms with Gasteiger partial charge in [-0.1, -0.05) is 41.6 Å². The van der Waals surface area contributed by atoms with E-state index in [0.29, 0.717) is 18.7 Å². The van der Waals surface area contributed by atoms with Crippen LogP contribution in [0.1, 0.15) is 59.1 Å². The highest BCUT2D eigenvalue weighted by Crippen LogP contribution is 2.26. The van der Waals surface area contributed by atoms with E-state index in [4.69, 9.17) is 4.42 Å². The van der Waals surface area contributed by atoms with Crippen molar-refractivity contribution in [2.24, 2.45) is 0 Å². The van der Waals surface area contributed by atoms with Crippen LogP contribution in [0.3, 0.4) is 0 Å². The summed E-state index contributed by atoms with van der Waals surface area (Å²) in [5.41, 5.74) is 2.52. The molecule has 2 heterocycles. The lowest BCUT2D eigenvalue weighted by molar-refractivity contribution is -0.127. The minimum absolute atomic E-state index is 0.138. The zero-order valence-corrected chi connectivity index (χ0v) is 18.3. The van der Waals surface area contributed by atoms with E-state index >= 15 is 0 Å². The highest BCUT2D eigenvalue weighted by atomic mass is 32.1. The Hall–Kier alpha value is -3.00. The summed E-state index contributed by atoms with van der Waals surface area (Å²) in [6, 6.07) is 10.8. The van der Waals surface area contributed by atoms with Gasteiger partial charge in [0.15, 0.2) is 11.7 Å². The molecule has 0 aliphatic heterocycles. The van der Waals surface area contributed by atoms with Crippen LogP contribution >= 0.6 is 11.5 Å². The van der Waals surface area contributed by atoms with E-state index in [-0.39, 0.29) is 23.6 Å². The fraction of sp³-hybridized carbons (Fsp3) is 0.391. The molecule has 1 atom stereocenters. The summed E-state index contributed by atoms with van der Waals surface area (Å²) >= 11 is 1.11. The van der Waals surface area contributed by atoms with Crippen LogP contribution < -0.4 is 5.32 Å². The molecule has 1 saturated carbocycles. The highest BCUT2D eigenvalue weighted by molar-refractivity contribution is 7.03. The van der Waals surface area contributed by atoms with Crippen molar-refractivity contribution in [1.29, 1.82) is 0 Å². The van der Waals surface area contributed by atoms with Gasteiger partial charge >= 0.3 is 0 Å². The molecule has 4 rings (SSSR count). The average molecular weight is 439 g/mol. The molecule has 0 bridgehead atoms. The summed E-state index contributed by atoms with van der Waals surface area (Å²) in [4.78, 5) is 28.4. The summed E-state index contributed by atoms with van der Waals surface area (Å²) in [5.74, 6) is -0.106. The first-order chi connectivity index (χ1) is 15.1. The molecule has 7 nitrogen and oxygen atoms in total. The summed E-state index contributed by atoms with van der Waals surface area (Å²) in [6.07, 6.45) is 6.28. The Balaban J connectivity index is 1.64. The van der Waals surface area contributed by atoms with Gasteiger partial charge in [0, 0.05) is 18.0 Å². The summed E-state index contributed by atoms with van der Waals surface area (Å²) in [7, 11) is 0. The number of amides is 2. The Kier molecular flexibility index (Phi) is 6.76. The minimum atomic E-state index is -0.867. The van der Waals surface area contributed by atoms with Crippen LogP contribution in [0.15, 0.2) is 52.5 Å². The Morgan fingerprint density at radius 1 is 1.23 bits per heavy atom. The van der Waals surface area contributed by atoms with Crippen molar-refractivity contribution in [1.82, 2.24) is 19.8 Å². The van der Waals surface area contributed by atoms with Crippen molar-refractivity contribution in [3.63, 3.8) is 0 Å². The largest absolute Gasteiger partial charge is 0.467 e. The van der Waals surface area contributed by atoms with Gasteiger partial charge in [0.2, 0.25) is 0 Å². The molecule has 0 radical (unpaired) electrons. The predicted octanol–water partition coefficient (Wildman–Crippen LogP) is 3.92. The third-order valence-electron chi connectivity index (χ3n) is 5.80. The Morgan fingerprint density at radius 2 is 2.03 bits per heavy atom. The number of nitrogens with one attached hydrogen (secondary N) is 1. The lowest BCUT2D eigenvalue weighted by atomic mass is 10.0. The van der Waals surface area contributed by atoms with Crippen molar-refractivity contribution < 1.29 is 14.0 Å². The third kappa shape index (κ3) is 5.02. The molecule has 3 aromatic rings. The Morgan fingerprint density at radius 3 is 2.71 bits per heavy atom. The van der Waals surface area contributed by atoms with Gasteiger partial charge in [-0.05, 0) is 61.0 Å². The molecule has 1 aliphatic carbocycles. The maximum absolute atomic E-state index is 13.4. The van der Waals surface area contributed by atoms with Crippen LogP contribution in [0.5, 0.6) is 0 Å².